The third-order valence-corrected chi connectivity index (χ3v) is 5.32. The molecule has 4 N–H and O–H groups in total. The Labute approximate surface area is 177 Å². The van der Waals surface area contributed by atoms with Crippen LogP contribution in [0.5, 0.6) is 5.88 Å². The first-order chi connectivity index (χ1) is 14.6. The molecule has 2 heterocycles. The van der Waals surface area contributed by atoms with E-state index < -0.39 is 18.6 Å². The molecule has 1 fully saturated rings. The number of hydrogen-bond acceptors (Lipinski definition) is 7. The van der Waals surface area contributed by atoms with Crippen LogP contribution in [0, 0.1) is 0 Å². The number of carbonyl (C=O) groups excluding carboxylic acids is 2. The van der Waals surface area contributed by atoms with Crippen LogP contribution in [0.3, 0.4) is 0 Å². The van der Waals surface area contributed by atoms with Crippen molar-refractivity contribution in [2.45, 2.75) is 13.3 Å². The van der Waals surface area contributed by atoms with Gasteiger partial charge in [-0.1, -0.05) is 24.3 Å². The van der Waals surface area contributed by atoms with Crippen LogP contribution in [0.25, 0.3) is 0 Å². The molecule has 30 heavy (non-hydrogen) atoms. The highest BCUT2D eigenvalue weighted by molar-refractivity contribution is 7.11. The molecule has 1 aromatic heterocycles. The summed E-state index contributed by atoms with van der Waals surface area (Å²) in [6.45, 7) is 3.57. The van der Waals surface area contributed by atoms with Crippen LogP contribution >= 0.6 is 11.5 Å². The van der Waals surface area contributed by atoms with Crippen molar-refractivity contribution >= 4 is 28.5 Å². The Kier molecular flexibility index (Phi) is 7.94. The Hall–Kier alpha value is -2.76. The van der Waals surface area contributed by atoms with E-state index in [4.69, 9.17) is 15.2 Å². The SMILES string of the molecule is NC(=O)c1c(OCc2ccccc2CF)nsc1NC(=O)NCCN1CCOCC1. The molecule has 162 valence electrons. The maximum atomic E-state index is 13.1. The Morgan fingerprint density at radius 2 is 2.00 bits per heavy atom. The first-order valence-corrected chi connectivity index (χ1v) is 10.3. The molecular formula is C19H24FN5O4S. The summed E-state index contributed by atoms with van der Waals surface area (Å²) in [4.78, 5) is 26.3. The second-order valence-electron chi connectivity index (χ2n) is 6.58. The number of nitrogens with zero attached hydrogens (tertiary/aromatic N) is 2. The van der Waals surface area contributed by atoms with Gasteiger partial charge in [0, 0.05) is 26.2 Å². The second-order valence-corrected chi connectivity index (χ2v) is 7.36. The van der Waals surface area contributed by atoms with Crippen molar-refractivity contribution in [2.75, 3.05) is 44.7 Å². The molecule has 3 amide bonds. The zero-order chi connectivity index (χ0) is 21.3. The molecule has 0 aliphatic carbocycles. The van der Waals surface area contributed by atoms with Gasteiger partial charge in [-0.3, -0.25) is 15.0 Å². The van der Waals surface area contributed by atoms with Crippen molar-refractivity contribution in [2.24, 2.45) is 5.73 Å². The number of benzene rings is 1. The summed E-state index contributed by atoms with van der Waals surface area (Å²) < 4.78 is 28.0. The predicted molar refractivity (Wildman–Crippen MR) is 110 cm³/mol. The molecule has 0 unspecified atom stereocenters. The first-order valence-electron chi connectivity index (χ1n) is 9.48. The van der Waals surface area contributed by atoms with E-state index in [1.165, 1.54) is 0 Å². The smallest absolute Gasteiger partial charge is 0.319 e. The number of carbonyl (C=O) groups is 2. The van der Waals surface area contributed by atoms with Gasteiger partial charge in [-0.2, -0.15) is 4.37 Å². The lowest BCUT2D eigenvalue weighted by Crippen LogP contribution is -2.42. The quantitative estimate of drug-likeness (QED) is 0.550. The van der Waals surface area contributed by atoms with Crippen LogP contribution in [0.2, 0.25) is 0 Å². The third-order valence-electron chi connectivity index (χ3n) is 4.58. The van der Waals surface area contributed by atoms with Crippen LogP contribution in [0.15, 0.2) is 24.3 Å². The summed E-state index contributed by atoms with van der Waals surface area (Å²) in [7, 11) is 0. The summed E-state index contributed by atoms with van der Waals surface area (Å²) >= 11 is 0.891. The number of rotatable bonds is 9. The van der Waals surface area contributed by atoms with Crippen molar-refractivity contribution in [3.8, 4) is 5.88 Å². The highest BCUT2D eigenvalue weighted by atomic mass is 32.1. The maximum Gasteiger partial charge on any atom is 0.319 e. The van der Waals surface area contributed by atoms with Crippen LogP contribution in [-0.4, -0.2) is 60.6 Å². The molecule has 1 saturated heterocycles. The van der Waals surface area contributed by atoms with Crippen molar-refractivity contribution < 1.29 is 23.5 Å². The number of amides is 3. The molecule has 1 aromatic carbocycles. The van der Waals surface area contributed by atoms with E-state index in [9.17, 15) is 14.0 Å². The molecule has 1 aliphatic heterocycles. The van der Waals surface area contributed by atoms with E-state index in [0.29, 0.717) is 37.4 Å². The van der Waals surface area contributed by atoms with Gasteiger partial charge in [-0.05, 0) is 22.7 Å². The molecule has 3 rings (SSSR count). The van der Waals surface area contributed by atoms with Crippen molar-refractivity contribution in [3.05, 3.63) is 41.0 Å². The largest absolute Gasteiger partial charge is 0.472 e. The van der Waals surface area contributed by atoms with E-state index in [1.54, 1.807) is 24.3 Å². The van der Waals surface area contributed by atoms with Crippen LogP contribution in [0.4, 0.5) is 14.2 Å². The number of nitrogens with one attached hydrogen (secondary N) is 2. The van der Waals surface area contributed by atoms with Gasteiger partial charge in [-0.25, -0.2) is 9.18 Å². The van der Waals surface area contributed by atoms with E-state index >= 15 is 0 Å². The van der Waals surface area contributed by atoms with Gasteiger partial charge in [-0.15, -0.1) is 0 Å². The molecular weight excluding hydrogens is 413 g/mol. The van der Waals surface area contributed by atoms with Gasteiger partial charge in [0.05, 0.1) is 13.2 Å². The van der Waals surface area contributed by atoms with Crippen molar-refractivity contribution in [1.29, 1.82) is 0 Å². The first kappa shape index (κ1) is 21.9. The van der Waals surface area contributed by atoms with E-state index in [-0.39, 0.29) is 23.1 Å². The van der Waals surface area contributed by atoms with Gasteiger partial charge >= 0.3 is 6.03 Å². The fraction of sp³-hybridized carbons (Fsp3) is 0.421. The van der Waals surface area contributed by atoms with E-state index in [0.717, 1.165) is 24.6 Å². The highest BCUT2D eigenvalue weighted by Gasteiger charge is 2.22. The maximum absolute atomic E-state index is 13.1. The average Bonchev–Trinajstić information content (AvgIpc) is 3.15. The molecule has 1 aliphatic rings. The predicted octanol–water partition coefficient (Wildman–Crippen LogP) is 1.74. The fourth-order valence-electron chi connectivity index (χ4n) is 2.95. The number of hydrogen-bond donors (Lipinski definition) is 3. The van der Waals surface area contributed by atoms with Crippen molar-refractivity contribution in [1.82, 2.24) is 14.6 Å². The summed E-state index contributed by atoms with van der Waals surface area (Å²) in [6.07, 6.45) is 0. The molecule has 0 saturated carbocycles. The molecule has 9 nitrogen and oxygen atoms in total. The number of alkyl halides is 1. The number of halogens is 1. The van der Waals surface area contributed by atoms with Crippen LogP contribution in [-0.2, 0) is 18.0 Å². The summed E-state index contributed by atoms with van der Waals surface area (Å²) in [5.41, 5.74) is 6.57. The Balaban J connectivity index is 1.56. The highest BCUT2D eigenvalue weighted by Crippen LogP contribution is 2.31. The minimum absolute atomic E-state index is 0.00442. The molecule has 0 spiro atoms. The zero-order valence-electron chi connectivity index (χ0n) is 16.4. The van der Waals surface area contributed by atoms with Gasteiger partial charge in [0.25, 0.3) is 5.91 Å². The number of anilines is 1. The summed E-state index contributed by atoms with van der Waals surface area (Å²) in [6, 6.07) is 6.41. The molecule has 0 atom stereocenters. The number of morpholine rings is 1. The number of primary amides is 1. The zero-order valence-corrected chi connectivity index (χ0v) is 17.2. The lowest BCUT2D eigenvalue weighted by molar-refractivity contribution is 0.0388. The number of nitrogens with two attached hydrogens (primary N) is 1. The lowest BCUT2D eigenvalue weighted by atomic mass is 10.1. The Morgan fingerprint density at radius 3 is 2.70 bits per heavy atom. The lowest BCUT2D eigenvalue weighted by Gasteiger charge is -2.26. The molecule has 11 heteroatoms. The fourth-order valence-corrected chi connectivity index (χ4v) is 3.69. The van der Waals surface area contributed by atoms with Crippen LogP contribution < -0.4 is 21.1 Å². The molecule has 2 aromatic rings. The molecule has 0 radical (unpaired) electrons. The number of urea groups is 1. The number of ether oxygens (including phenoxy) is 2. The monoisotopic (exact) mass is 437 g/mol. The minimum Gasteiger partial charge on any atom is -0.472 e. The summed E-state index contributed by atoms with van der Waals surface area (Å²) in [5.74, 6) is -0.772. The third kappa shape index (κ3) is 5.88. The topological polar surface area (TPSA) is 119 Å². The summed E-state index contributed by atoms with van der Waals surface area (Å²) in [5, 5.41) is 5.53. The Bertz CT molecular complexity index is 872. The van der Waals surface area contributed by atoms with Crippen molar-refractivity contribution in [3.63, 3.8) is 0 Å². The normalized spacial score (nSPS) is 14.3. The molecule has 0 bridgehead atoms. The van der Waals surface area contributed by atoms with Gasteiger partial charge < -0.3 is 20.5 Å². The van der Waals surface area contributed by atoms with Crippen LogP contribution in [0.1, 0.15) is 21.5 Å². The minimum atomic E-state index is -0.777. The second kappa shape index (κ2) is 10.9. The van der Waals surface area contributed by atoms with Gasteiger partial charge in [0.15, 0.2) is 0 Å². The van der Waals surface area contributed by atoms with Gasteiger partial charge in [0.1, 0.15) is 23.8 Å². The average molecular weight is 437 g/mol. The van der Waals surface area contributed by atoms with Gasteiger partial charge in [0.2, 0.25) is 5.88 Å². The van der Waals surface area contributed by atoms with E-state index in [1.807, 2.05) is 0 Å². The van der Waals surface area contributed by atoms with E-state index in [2.05, 4.69) is 19.9 Å². The Morgan fingerprint density at radius 1 is 1.27 bits per heavy atom. The number of aromatic nitrogens is 1. The standard InChI is InChI=1S/C19H24FN5O4S/c20-11-13-3-1-2-4-14(13)12-29-17-15(16(21)26)18(30-24-17)23-19(27)22-5-6-25-7-9-28-10-8-25/h1-4H,5-12H2,(H2,21,26)(H2,22,23,27).